The van der Waals surface area contributed by atoms with E-state index in [0.717, 1.165) is 5.56 Å². The van der Waals surface area contributed by atoms with Crippen LogP contribution < -0.4 is 4.72 Å². The summed E-state index contributed by atoms with van der Waals surface area (Å²) in [6.07, 6.45) is 0. The molecule has 0 saturated heterocycles. The quantitative estimate of drug-likeness (QED) is 0.878. The zero-order valence-electron chi connectivity index (χ0n) is 12.6. The summed E-state index contributed by atoms with van der Waals surface area (Å²) in [5.74, 6) is -0.926. The van der Waals surface area contributed by atoms with Crippen molar-refractivity contribution < 1.29 is 14.1 Å². The molecule has 0 fully saturated rings. The third-order valence-electron chi connectivity index (χ3n) is 3.19. The molecule has 2 N–H and O–H groups in total. The van der Waals surface area contributed by atoms with E-state index in [1.165, 1.54) is 0 Å². The molecule has 1 aromatic carbocycles. The summed E-state index contributed by atoms with van der Waals surface area (Å²) in [6, 6.07) is 8.74. The molecule has 0 aliphatic heterocycles. The topological polar surface area (TPSA) is 66.4 Å². The van der Waals surface area contributed by atoms with Crippen LogP contribution in [-0.4, -0.2) is 20.0 Å². The van der Waals surface area contributed by atoms with Crippen LogP contribution in [0.3, 0.4) is 0 Å². The minimum atomic E-state index is -1.34. The second-order valence-electron chi connectivity index (χ2n) is 6.37. The first-order valence-corrected chi connectivity index (χ1v) is 7.68. The fourth-order valence-electron chi connectivity index (χ4n) is 1.68. The number of carbonyl (C=O) groups is 1. The largest absolute Gasteiger partial charge is 0.481 e. The van der Waals surface area contributed by atoms with Gasteiger partial charge in [-0.2, -0.15) is 0 Å². The van der Waals surface area contributed by atoms with Gasteiger partial charge in [-0.25, -0.2) is 8.93 Å². The summed E-state index contributed by atoms with van der Waals surface area (Å²) in [6.45, 7) is 8.84. The predicted molar refractivity (Wildman–Crippen MR) is 81.6 cm³/mol. The van der Waals surface area contributed by atoms with Crippen molar-refractivity contribution in [3.05, 3.63) is 35.9 Å². The summed E-state index contributed by atoms with van der Waals surface area (Å²) in [5.41, 5.74) is -0.250. The number of carboxylic acids is 1. The minimum absolute atomic E-state index is 0.457. The van der Waals surface area contributed by atoms with Crippen LogP contribution in [0.4, 0.5) is 0 Å². The first-order valence-electron chi connectivity index (χ1n) is 6.53. The average Bonchev–Trinajstić information content (AvgIpc) is 2.35. The van der Waals surface area contributed by atoms with Gasteiger partial charge in [0.05, 0.1) is 27.2 Å². The Bertz CT molecular complexity index is 492. The van der Waals surface area contributed by atoms with E-state index in [1.807, 2.05) is 51.1 Å². The number of rotatable bonds is 5. The predicted octanol–water partition coefficient (Wildman–Crippen LogP) is 2.89. The highest BCUT2D eigenvalue weighted by molar-refractivity contribution is 7.84. The van der Waals surface area contributed by atoms with Crippen LogP contribution in [0.1, 0.15) is 46.2 Å². The standard InChI is InChI=1S/C15H23NO3S/c1-14(2,3)20(19)16-12(15(4,5)13(17)18)11-9-7-6-8-10-11/h6-10,12,16H,1-5H3,(H,17,18)/t12-,20-/m1/s1. The molecule has 0 amide bonds. The van der Waals surface area contributed by atoms with Gasteiger partial charge in [0.2, 0.25) is 0 Å². The first kappa shape index (κ1) is 16.9. The van der Waals surface area contributed by atoms with E-state index in [2.05, 4.69) is 4.72 Å². The maximum atomic E-state index is 12.3. The molecule has 112 valence electrons. The van der Waals surface area contributed by atoms with Crippen LogP contribution in [-0.2, 0) is 15.8 Å². The number of hydrogen-bond donors (Lipinski definition) is 2. The Balaban J connectivity index is 3.17. The van der Waals surface area contributed by atoms with Crippen LogP contribution >= 0.6 is 0 Å². The molecule has 0 aromatic heterocycles. The summed E-state index contributed by atoms with van der Waals surface area (Å²) in [5, 5.41) is 9.45. The molecular weight excluding hydrogens is 274 g/mol. The van der Waals surface area contributed by atoms with Crippen LogP contribution in [0.25, 0.3) is 0 Å². The molecule has 0 spiro atoms. The normalized spacial score (nSPS) is 15.7. The Morgan fingerprint density at radius 1 is 1.15 bits per heavy atom. The molecule has 5 heteroatoms. The number of nitrogens with one attached hydrogen (secondary N) is 1. The smallest absolute Gasteiger partial charge is 0.311 e. The molecule has 0 bridgehead atoms. The monoisotopic (exact) mass is 297 g/mol. The van der Waals surface area contributed by atoms with Gasteiger partial charge in [-0.15, -0.1) is 0 Å². The van der Waals surface area contributed by atoms with Gasteiger partial charge in [0.15, 0.2) is 0 Å². The molecule has 20 heavy (non-hydrogen) atoms. The second-order valence-corrected chi connectivity index (χ2v) is 8.37. The van der Waals surface area contributed by atoms with E-state index in [0.29, 0.717) is 0 Å². The van der Waals surface area contributed by atoms with Crippen molar-refractivity contribution in [1.29, 1.82) is 0 Å². The van der Waals surface area contributed by atoms with E-state index in [4.69, 9.17) is 0 Å². The van der Waals surface area contributed by atoms with Gasteiger partial charge in [0.25, 0.3) is 0 Å². The summed E-state index contributed by atoms with van der Waals surface area (Å²) >= 11 is 0. The average molecular weight is 297 g/mol. The summed E-state index contributed by atoms with van der Waals surface area (Å²) < 4.78 is 14.9. The van der Waals surface area contributed by atoms with Crippen molar-refractivity contribution in [2.24, 2.45) is 5.41 Å². The summed E-state index contributed by atoms with van der Waals surface area (Å²) in [4.78, 5) is 11.5. The Hall–Kier alpha value is -1.20. The number of carboxylic acid groups (broad SMARTS) is 1. The Labute approximate surface area is 123 Å². The van der Waals surface area contributed by atoms with Gasteiger partial charge >= 0.3 is 5.97 Å². The lowest BCUT2D eigenvalue weighted by Crippen LogP contribution is -2.44. The molecular formula is C15H23NO3S. The lowest BCUT2D eigenvalue weighted by atomic mass is 9.81. The van der Waals surface area contributed by atoms with E-state index in [-0.39, 0.29) is 0 Å². The SMILES string of the molecule is CC(C)(C(=O)O)[C@H](N[S@](=O)C(C)(C)C)c1ccccc1. The lowest BCUT2D eigenvalue weighted by Gasteiger charge is -2.33. The van der Waals surface area contributed by atoms with Crippen LogP contribution in [0.5, 0.6) is 0 Å². The van der Waals surface area contributed by atoms with Crippen molar-refractivity contribution in [2.75, 3.05) is 0 Å². The van der Waals surface area contributed by atoms with E-state index >= 15 is 0 Å². The van der Waals surface area contributed by atoms with Crippen molar-refractivity contribution in [1.82, 2.24) is 4.72 Å². The van der Waals surface area contributed by atoms with Crippen molar-refractivity contribution >= 4 is 17.0 Å². The van der Waals surface area contributed by atoms with E-state index < -0.39 is 33.2 Å². The van der Waals surface area contributed by atoms with Crippen LogP contribution in [0.15, 0.2) is 30.3 Å². The van der Waals surface area contributed by atoms with Gasteiger partial charge in [0.1, 0.15) is 0 Å². The fraction of sp³-hybridized carbons (Fsp3) is 0.533. The maximum absolute atomic E-state index is 12.3. The Morgan fingerprint density at radius 2 is 1.65 bits per heavy atom. The van der Waals surface area contributed by atoms with E-state index in [9.17, 15) is 14.1 Å². The number of benzene rings is 1. The third kappa shape index (κ3) is 3.90. The number of aliphatic carboxylic acids is 1. The van der Waals surface area contributed by atoms with E-state index in [1.54, 1.807) is 13.8 Å². The minimum Gasteiger partial charge on any atom is -0.481 e. The van der Waals surface area contributed by atoms with Gasteiger partial charge in [0, 0.05) is 0 Å². The van der Waals surface area contributed by atoms with Crippen molar-refractivity contribution in [3.63, 3.8) is 0 Å². The highest BCUT2D eigenvalue weighted by Gasteiger charge is 2.40. The highest BCUT2D eigenvalue weighted by atomic mass is 32.2. The van der Waals surface area contributed by atoms with Crippen molar-refractivity contribution in [3.8, 4) is 0 Å². The molecule has 0 aliphatic rings. The molecule has 0 saturated carbocycles. The first-order chi connectivity index (χ1) is 9.06. The van der Waals surface area contributed by atoms with Crippen molar-refractivity contribution in [2.45, 2.75) is 45.4 Å². The molecule has 1 aromatic rings. The van der Waals surface area contributed by atoms with Gasteiger partial charge in [-0.3, -0.25) is 4.79 Å². The molecule has 0 radical (unpaired) electrons. The molecule has 1 rings (SSSR count). The van der Waals surface area contributed by atoms with Crippen LogP contribution in [0, 0.1) is 5.41 Å². The number of hydrogen-bond acceptors (Lipinski definition) is 2. The molecule has 0 aliphatic carbocycles. The van der Waals surface area contributed by atoms with Gasteiger partial charge < -0.3 is 5.11 Å². The molecule has 2 atom stereocenters. The lowest BCUT2D eigenvalue weighted by molar-refractivity contribution is -0.148. The summed E-state index contributed by atoms with van der Waals surface area (Å²) in [7, 11) is -1.34. The highest BCUT2D eigenvalue weighted by Crippen LogP contribution is 2.34. The van der Waals surface area contributed by atoms with Gasteiger partial charge in [-0.05, 0) is 40.2 Å². The molecule has 4 nitrogen and oxygen atoms in total. The third-order valence-corrected chi connectivity index (χ3v) is 4.75. The Kier molecular flexibility index (Phi) is 5.10. The zero-order chi connectivity index (χ0) is 15.6. The molecule has 0 unspecified atom stereocenters. The Morgan fingerprint density at radius 3 is 2.05 bits per heavy atom. The maximum Gasteiger partial charge on any atom is 0.311 e. The second kappa shape index (κ2) is 6.06. The van der Waals surface area contributed by atoms with Crippen LogP contribution in [0.2, 0.25) is 0 Å². The van der Waals surface area contributed by atoms with Gasteiger partial charge in [-0.1, -0.05) is 30.3 Å². The molecule has 0 heterocycles. The zero-order valence-corrected chi connectivity index (χ0v) is 13.5. The fourth-order valence-corrected chi connectivity index (χ4v) is 2.68.